The van der Waals surface area contributed by atoms with E-state index in [1.807, 2.05) is 21.9 Å². The number of epoxide rings is 1. The number of hydrogen-bond acceptors (Lipinski definition) is 11. The number of anilines is 2. The van der Waals surface area contributed by atoms with Gasteiger partial charge in [-0.15, -0.1) is 0 Å². The first-order chi connectivity index (χ1) is 31.9. The Balaban J connectivity index is 0.761. The molecule has 66 heavy (non-hydrogen) atoms. The molecule has 7 aliphatic rings. The molecule has 0 bridgehead atoms. The Labute approximate surface area is 385 Å². The summed E-state index contributed by atoms with van der Waals surface area (Å²) >= 11 is 0. The predicted octanol–water partition coefficient (Wildman–Crippen LogP) is 5.21. The molecule has 5 N–H and O–H groups in total. The minimum atomic E-state index is -2.75. The summed E-state index contributed by atoms with van der Waals surface area (Å²) in [6.07, 6.45) is 8.28. The summed E-state index contributed by atoms with van der Waals surface area (Å²) in [5.74, 6) is -0.283. The SMILES string of the molecule is CN/C=C(\C=N)c1cc2c(cc1C(F)F)N(C(=N)C1CN(C(C)=O)CCC1NC1CCN(CCCC3CCN(c4cccc5c4C4OC4N(C4CCC(=O)NC4=O)C5=O)CC3)CC1)CCC2. The highest BCUT2D eigenvalue weighted by atomic mass is 19.3. The van der Waals surface area contributed by atoms with Crippen LogP contribution in [-0.4, -0.2) is 134 Å². The van der Waals surface area contributed by atoms with Crippen LogP contribution in [0.5, 0.6) is 0 Å². The zero-order valence-electron chi connectivity index (χ0n) is 38.1. The second kappa shape index (κ2) is 19.5. The molecule has 5 fully saturated rings. The van der Waals surface area contributed by atoms with Gasteiger partial charge in [0.15, 0.2) is 6.23 Å². The van der Waals surface area contributed by atoms with Crippen molar-refractivity contribution in [3.8, 4) is 0 Å². The summed E-state index contributed by atoms with van der Waals surface area (Å²) in [6, 6.07) is 8.67. The van der Waals surface area contributed by atoms with Crippen molar-refractivity contribution in [3.63, 3.8) is 0 Å². The summed E-state index contributed by atoms with van der Waals surface area (Å²) in [5.41, 5.74) is 4.60. The number of likely N-dealkylation sites (tertiary alicyclic amines) is 2. The maximum Gasteiger partial charge on any atom is 0.264 e. The molecule has 354 valence electrons. The minimum Gasteiger partial charge on any atom is -0.393 e. The third-order valence-electron chi connectivity index (χ3n) is 15.3. The number of piperidine rings is 4. The van der Waals surface area contributed by atoms with Crippen LogP contribution in [-0.2, 0) is 25.5 Å². The molecule has 5 unspecified atom stereocenters. The van der Waals surface area contributed by atoms with Gasteiger partial charge in [-0.1, -0.05) is 6.07 Å². The number of rotatable bonds is 13. The molecule has 2 aromatic rings. The number of halogens is 2. The molecule has 0 aromatic heterocycles. The van der Waals surface area contributed by atoms with Crippen LogP contribution >= 0.6 is 0 Å². The number of carbonyl (C=O) groups excluding carboxylic acids is 4. The second-order valence-electron chi connectivity index (χ2n) is 19.2. The lowest BCUT2D eigenvalue weighted by atomic mass is 9.86. The van der Waals surface area contributed by atoms with E-state index in [9.17, 15) is 33.4 Å². The standard InChI is InChI=1S/C49H64F2N10O5/c1-29(62)59-23-16-38(37(28-59)46(53)60-18-5-7-31-24-35(32(26-52)27-54-2)36(45(50)51)25-41(31)60)55-33-14-19-57(20-15-33)17-4-6-30-12-21-58(22-13-30)39-9-3-8-34-43(39)44-49(66-44)61(48(34)65)40-10-11-42(63)56-47(40)64/h3,8-9,24-27,30,33,37-38,40,44-45,49,52-55H,4-7,10-23,28H2,1-2H3,(H,56,63,64)/b32-27+,52-26?,53-46?. The van der Waals surface area contributed by atoms with Gasteiger partial charge in [0.05, 0.1) is 0 Å². The number of alkyl halides is 2. The summed E-state index contributed by atoms with van der Waals surface area (Å²) in [4.78, 5) is 61.0. The molecule has 9 rings (SSSR count). The summed E-state index contributed by atoms with van der Waals surface area (Å²) in [7, 11) is 1.68. The third-order valence-corrected chi connectivity index (χ3v) is 15.3. The molecule has 0 aliphatic carbocycles. The molecule has 0 radical (unpaired) electrons. The molecule has 7 heterocycles. The quantitative estimate of drug-likeness (QED) is 0.0776. The molecule has 0 spiro atoms. The van der Waals surface area contributed by atoms with E-state index in [2.05, 4.69) is 31.8 Å². The highest BCUT2D eigenvalue weighted by molar-refractivity contribution is 6.09. The van der Waals surface area contributed by atoms with Crippen LogP contribution in [0.2, 0.25) is 0 Å². The van der Waals surface area contributed by atoms with Gasteiger partial charge in [0.1, 0.15) is 18.0 Å². The van der Waals surface area contributed by atoms with Crippen LogP contribution in [0.25, 0.3) is 5.57 Å². The van der Waals surface area contributed by atoms with E-state index in [1.54, 1.807) is 26.2 Å². The Morgan fingerprint density at radius 1 is 0.985 bits per heavy atom. The van der Waals surface area contributed by atoms with Crippen molar-refractivity contribution >= 4 is 52.6 Å². The van der Waals surface area contributed by atoms with Crippen LogP contribution in [0.1, 0.15) is 116 Å². The average Bonchev–Trinajstić information content (AvgIpc) is 4.12. The maximum absolute atomic E-state index is 14.6. The van der Waals surface area contributed by atoms with Crippen LogP contribution in [0, 0.1) is 22.7 Å². The van der Waals surface area contributed by atoms with Gasteiger partial charge in [0, 0.05) is 117 Å². The molecule has 5 atom stereocenters. The fourth-order valence-electron chi connectivity index (χ4n) is 11.7. The van der Waals surface area contributed by atoms with Crippen molar-refractivity contribution in [2.75, 3.05) is 69.2 Å². The number of nitrogens with one attached hydrogen (secondary N) is 5. The fraction of sp³-hybridized carbons (Fsp3) is 0.592. The van der Waals surface area contributed by atoms with Gasteiger partial charge in [-0.3, -0.25) is 34.8 Å². The Bertz CT molecular complexity index is 2260. The number of ether oxygens (including phenoxy) is 1. The van der Waals surface area contributed by atoms with Gasteiger partial charge in [0.25, 0.3) is 12.3 Å². The van der Waals surface area contributed by atoms with Crippen molar-refractivity contribution in [2.45, 2.75) is 114 Å². The van der Waals surface area contributed by atoms with Crippen molar-refractivity contribution in [3.05, 3.63) is 64.3 Å². The van der Waals surface area contributed by atoms with Gasteiger partial charge < -0.3 is 40.4 Å². The van der Waals surface area contributed by atoms with E-state index in [0.717, 1.165) is 94.3 Å². The van der Waals surface area contributed by atoms with E-state index < -0.39 is 24.6 Å². The number of carbonyl (C=O) groups is 4. The van der Waals surface area contributed by atoms with Crippen LogP contribution in [0.15, 0.2) is 36.5 Å². The number of nitrogens with zero attached hydrogens (tertiary/aromatic N) is 5. The Morgan fingerprint density at radius 3 is 2.48 bits per heavy atom. The topological polar surface area (TPSA) is 181 Å². The molecular formula is C49H64F2N10O5. The number of fused-ring (bicyclic) bond motifs is 4. The highest BCUT2D eigenvalue weighted by Gasteiger charge is 2.57. The summed E-state index contributed by atoms with van der Waals surface area (Å²) in [5, 5.41) is 26.7. The fourth-order valence-corrected chi connectivity index (χ4v) is 11.7. The second-order valence-corrected chi connectivity index (χ2v) is 19.2. The van der Waals surface area contributed by atoms with Crippen LogP contribution in [0.3, 0.4) is 0 Å². The number of amides is 4. The lowest BCUT2D eigenvalue weighted by molar-refractivity contribution is -0.137. The van der Waals surface area contributed by atoms with Gasteiger partial charge in [-0.05, 0) is 125 Å². The highest BCUT2D eigenvalue weighted by Crippen LogP contribution is 2.52. The van der Waals surface area contributed by atoms with Crippen LogP contribution in [0.4, 0.5) is 20.2 Å². The first-order valence-corrected chi connectivity index (χ1v) is 24.1. The number of aryl methyl sites for hydroxylation is 1. The Hall–Kier alpha value is -5.26. The number of allylic oxidation sites excluding steroid dienone is 1. The molecule has 7 aliphatic heterocycles. The number of benzene rings is 2. The van der Waals surface area contributed by atoms with E-state index in [-0.39, 0.29) is 53.8 Å². The van der Waals surface area contributed by atoms with Gasteiger partial charge in [-0.25, -0.2) is 8.78 Å². The summed E-state index contributed by atoms with van der Waals surface area (Å²) in [6.45, 7) is 7.99. The average molecular weight is 911 g/mol. The first-order valence-electron chi connectivity index (χ1n) is 24.1. The number of amidine groups is 1. The zero-order valence-corrected chi connectivity index (χ0v) is 38.1. The normalized spacial score (nSPS) is 26.5. The van der Waals surface area contributed by atoms with E-state index in [4.69, 9.17) is 10.1 Å². The lowest BCUT2D eigenvalue weighted by Crippen LogP contribution is -2.59. The van der Waals surface area contributed by atoms with E-state index in [1.165, 1.54) is 17.4 Å². The van der Waals surface area contributed by atoms with E-state index >= 15 is 0 Å². The van der Waals surface area contributed by atoms with Crippen molar-refractivity contribution in [1.29, 1.82) is 10.8 Å². The smallest absolute Gasteiger partial charge is 0.264 e. The molecule has 15 nitrogen and oxygen atoms in total. The third kappa shape index (κ3) is 9.22. The molecule has 4 amide bonds. The van der Waals surface area contributed by atoms with Gasteiger partial charge in [-0.2, -0.15) is 0 Å². The lowest BCUT2D eigenvalue weighted by Gasteiger charge is -2.45. The zero-order chi connectivity index (χ0) is 46.2. The first kappa shape index (κ1) is 45.9. The van der Waals surface area contributed by atoms with Crippen molar-refractivity contribution in [2.24, 2.45) is 11.8 Å². The van der Waals surface area contributed by atoms with Gasteiger partial charge >= 0.3 is 0 Å². The van der Waals surface area contributed by atoms with Crippen molar-refractivity contribution < 1.29 is 32.7 Å². The minimum absolute atomic E-state index is 0.0227. The number of hydrogen-bond donors (Lipinski definition) is 5. The molecular weight excluding hydrogens is 847 g/mol. The molecule has 0 saturated carbocycles. The maximum atomic E-state index is 14.6. The molecule has 2 aromatic carbocycles. The Kier molecular flexibility index (Phi) is 13.6. The largest absolute Gasteiger partial charge is 0.393 e. The van der Waals surface area contributed by atoms with Crippen LogP contribution < -0.4 is 25.8 Å². The van der Waals surface area contributed by atoms with Crippen molar-refractivity contribution in [1.82, 2.24) is 30.7 Å². The molecule has 17 heteroatoms. The monoisotopic (exact) mass is 911 g/mol. The number of imide groups is 1. The Morgan fingerprint density at radius 2 is 1.77 bits per heavy atom. The predicted molar refractivity (Wildman–Crippen MR) is 248 cm³/mol. The molecule has 5 saturated heterocycles. The summed E-state index contributed by atoms with van der Waals surface area (Å²) < 4.78 is 35.2. The van der Waals surface area contributed by atoms with E-state index in [0.29, 0.717) is 73.0 Å². The van der Waals surface area contributed by atoms with Gasteiger partial charge in [0.2, 0.25) is 17.7 Å².